The molecule has 0 aromatic heterocycles. The number of carboxylic acids is 1. The third-order valence-electron chi connectivity index (χ3n) is 4.19. The van der Waals surface area contributed by atoms with Gasteiger partial charge in [-0.05, 0) is 24.7 Å². The minimum Gasteiger partial charge on any atom is -0.481 e. The summed E-state index contributed by atoms with van der Waals surface area (Å²) < 4.78 is 5.51. The van der Waals surface area contributed by atoms with Crippen LogP contribution in [0.1, 0.15) is 39.0 Å². The topological polar surface area (TPSA) is 49.8 Å². The first kappa shape index (κ1) is 13.8. The molecule has 0 radical (unpaired) electrons. The maximum atomic E-state index is 10.7. The van der Waals surface area contributed by atoms with E-state index in [2.05, 4.69) is 11.8 Å². The first-order chi connectivity index (χ1) is 8.63. The second-order valence-electron chi connectivity index (χ2n) is 5.99. The molecule has 3 atom stereocenters. The van der Waals surface area contributed by atoms with E-state index >= 15 is 0 Å². The van der Waals surface area contributed by atoms with Crippen molar-refractivity contribution in [1.29, 1.82) is 0 Å². The van der Waals surface area contributed by atoms with Crippen LogP contribution in [-0.4, -0.2) is 48.3 Å². The fraction of sp³-hybridized carbons (Fsp3) is 0.929. The summed E-state index contributed by atoms with van der Waals surface area (Å²) >= 11 is 0. The standard InChI is InChI=1S/C14H25NO3/c1-11-3-2-4-12(7-11)9-15-5-6-18-13(10-15)8-14(16)17/h11-13H,2-10H2,1H3,(H,16,17). The van der Waals surface area contributed by atoms with Gasteiger partial charge in [-0.15, -0.1) is 0 Å². The Morgan fingerprint density at radius 1 is 1.44 bits per heavy atom. The fourth-order valence-corrected chi connectivity index (χ4v) is 3.36. The first-order valence-corrected chi connectivity index (χ1v) is 7.19. The summed E-state index contributed by atoms with van der Waals surface area (Å²) in [6.07, 6.45) is 5.43. The number of hydrogen-bond donors (Lipinski definition) is 1. The predicted molar refractivity (Wildman–Crippen MR) is 69.6 cm³/mol. The number of rotatable bonds is 4. The maximum Gasteiger partial charge on any atom is 0.306 e. The maximum absolute atomic E-state index is 10.7. The Morgan fingerprint density at radius 3 is 3.00 bits per heavy atom. The lowest BCUT2D eigenvalue weighted by molar-refractivity contribution is -0.142. The number of morpholine rings is 1. The monoisotopic (exact) mass is 255 g/mol. The third kappa shape index (κ3) is 4.25. The van der Waals surface area contributed by atoms with Gasteiger partial charge in [-0.1, -0.05) is 19.8 Å². The van der Waals surface area contributed by atoms with Crippen LogP contribution < -0.4 is 0 Å². The molecule has 1 heterocycles. The zero-order chi connectivity index (χ0) is 13.0. The molecule has 104 valence electrons. The lowest BCUT2D eigenvalue weighted by Crippen LogP contribution is -2.45. The van der Waals surface area contributed by atoms with E-state index in [9.17, 15) is 4.79 Å². The molecule has 1 N–H and O–H groups in total. The van der Waals surface area contributed by atoms with E-state index < -0.39 is 5.97 Å². The van der Waals surface area contributed by atoms with Crippen LogP contribution >= 0.6 is 0 Å². The highest BCUT2D eigenvalue weighted by atomic mass is 16.5. The van der Waals surface area contributed by atoms with Crippen molar-refractivity contribution in [1.82, 2.24) is 4.90 Å². The number of carboxylic acid groups (broad SMARTS) is 1. The van der Waals surface area contributed by atoms with Gasteiger partial charge in [0.2, 0.25) is 0 Å². The van der Waals surface area contributed by atoms with Crippen molar-refractivity contribution in [3.8, 4) is 0 Å². The van der Waals surface area contributed by atoms with Gasteiger partial charge >= 0.3 is 5.97 Å². The number of ether oxygens (including phenoxy) is 1. The zero-order valence-electron chi connectivity index (χ0n) is 11.3. The van der Waals surface area contributed by atoms with Gasteiger partial charge in [0.15, 0.2) is 0 Å². The smallest absolute Gasteiger partial charge is 0.306 e. The van der Waals surface area contributed by atoms with E-state index in [0.717, 1.165) is 31.5 Å². The van der Waals surface area contributed by atoms with Crippen molar-refractivity contribution in [2.45, 2.75) is 45.1 Å². The average molecular weight is 255 g/mol. The van der Waals surface area contributed by atoms with Crippen molar-refractivity contribution < 1.29 is 14.6 Å². The fourth-order valence-electron chi connectivity index (χ4n) is 3.36. The molecule has 0 aromatic carbocycles. The molecule has 2 fully saturated rings. The summed E-state index contributed by atoms with van der Waals surface area (Å²) in [5, 5.41) is 8.81. The Morgan fingerprint density at radius 2 is 2.28 bits per heavy atom. The van der Waals surface area contributed by atoms with Gasteiger partial charge in [0.1, 0.15) is 0 Å². The summed E-state index contributed by atoms with van der Waals surface area (Å²) in [7, 11) is 0. The van der Waals surface area contributed by atoms with Crippen LogP contribution in [0.15, 0.2) is 0 Å². The molecule has 1 saturated heterocycles. The van der Waals surface area contributed by atoms with Crippen LogP contribution in [0, 0.1) is 11.8 Å². The van der Waals surface area contributed by atoms with Crippen molar-refractivity contribution in [2.75, 3.05) is 26.2 Å². The molecule has 0 bridgehead atoms. The quantitative estimate of drug-likeness (QED) is 0.834. The molecule has 2 rings (SSSR count). The minimum atomic E-state index is -0.756. The van der Waals surface area contributed by atoms with Crippen LogP contribution in [0.4, 0.5) is 0 Å². The summed E-state index contributed by atoms with van der Waals surface area (Å²) in [5.41, 5.74) is 0. The zero-order valence-corrected chi connectivity index (χ0v) is 11.3. The van der Waals surface area contributed by atoms with E-state index in [1.807, 2.05) is 0 Å². The molecule has 0 spiro atoms. The van der Waals surface area contributed by atoms with Crippen LogP contribution in [0.2, 0.25) is 0 Å². The Balaban J connectivity index is 1.76. The lowest BCUT2D eigenvalue weighted by atomic mass is 9.82. The van der Waals surface area contributed by atoms with E-state index in [4.69, 9.17) is 9.84 Å². The molecule has 4 heteroatoms. The van der Waals surface area contributed by atoms with Gasteiger partial charge < -0.3 is 9.84 Å². The molecule has 2 aliphatic rings. The second kappa shape index (κ2) is 6.53. The lowest BCUT2D eigenvalue weighted by Gasteiger charge is -2.36. The molecule has 1 aliphatic carbocycles. The molecule has 1 aliphatic heterocycles. The molecule has 1 saturated carbocycles. The molecule has 18 heavy (non-hydrogen) atoms. The van der Waals surface area contributed by atoms with E-state index in [-0.39, 0.29) is 12.5 Å². The van der Waals surface area contributed by atoms with Crippen molar-refractivity contribution in [3.05, 3.63) is 0 Å². The van der Waals surface area contributed by atoms with Gasteiger partial charge in [0.05, 0.1) is 19.1 Å². The normalized spacial score (nSPS) is 34.4. The largest absolute Gasteiger partial charge is 0.481 e. The van der Waals surface area contributed by atoms with Crippen molar-refractivity contribution in [3.63, 3.8) is 0 Å². The molecular formula is C14H25NO3. The van der Waals surface area contributed by atoms with E-state index in [0.29, 0.717) is 6.61 Å². The van der Waals surface area contributed by atoms with Crippen molar-refractivity contribution in [2.24, 2.45) is 11.8 Å². The molecular weight excluding hydrogens is 230 g/mol. The molecule has 0 aromatic rings. The van der Waals surface area contributed by atoms with Gasteiger partial charge in [-0.25, -0.2) is 0 Å². The summed E-state index contributed by atoms with van der Waals surface area (Å²) in [4.78, 5) is 13.1. The second-order valence-corrected chi connectivity index (χ2v) is 5.99. The van der Waals surface area contributed by atoms with Crippen LogP contribution in [0.3, 0.4) is 0 Å². The number of aliphatic carboxylic acids is 1. The SMILES string of the molecule is CC1CCCC(CN2CCOC(CC(=O)O)C2)C1. The van der Waals surface area contributed by atoms with Gasteiger partial charge in [0.25, 0.3) is 0 Å². The Bertz CT molecular complexity index is 282. The van der Waals surface area contributed by atoms with Gasteiger partial charge in [0, 0.05) is 19.6 Å². The number of hydrogen-bond acceptors (Lipinski definition) is 3. The highest BCUT2D eigenvalue weighted by Gasteiger charge is 2.26. The van der Waals surface area contributed by atoms with Crippen LogP contribution in [0.25, 0.3) is 0 Å². The van der Waals surface area contributed by atoms with Crippen LogP contribution in [-0.2, 0) is 9.53 Å². The first-order valence-electron chi connectivity index (χ1n) is 7.19. The molecule has 4 nitrogen and oxygen atoms in total. The van der Waals surface area contributed by atoms with Crippen LogP contribution in [0.5, 0.6) is 0 Å². The van der Waals surface area contributed by atoms with Gasteiger partial charge in [-0.3, -0.25) is 9.69 Å². The Hall–Kier alpha value is -0.610. The van der Waals surface area contributed by atoms with E-state index in [1.54, 1.807) is 0 Å². The highest BCUT2D eigenvalue weighted by Crippen LogP contribution is 2.29. The average Bonchev–Trinajstić information content (AvgIpc) is 2.28. The molecule has 3 unspecified atom stereocenters. The summed E-state index contributed by atoms with van der Waals surface area (Å²) in [6.45, 7) is 5.90. The summed E-state index contributed by atoms with van der Waals surface area (Å²) in [5.74, 6) is 0.907. The van der Waals surface area contributed by atoms with Gasteiger partial charge in [-0.2, -0.15) is 0 Å². The summed E-state index contributed by atoms with van der Waals surface area (Å²) in [6, 6.07) is 0. The minimum absolute atomic E-state index is 0.114. The predicted octanol–water partition coefficient (Wildman–Crippen LogP) is 1.99. The number of nitrogens with zero attached hydrogens (tertiary/aromatic N) is 1. The Kier molecular flexibility index (Phi) is 5.01. The van der Waals surface area contributed by atoms with Crippen molar-refractivity contribution >= 4 is 5.97 Å². The Labute approximate surface area is 109 Å². The van der Waals surface area contributed by atoms with E-state index in [1.165, 1.54) is 25.7 Å². The third-order valence-corrected chi connectivity index (χ3v) is 4.19. The number of carbonyl (C=O) groups is 1. The highest BCUT2D eigenvalue weighted by molar-refractivity contribution is 5.67. The molecule has 0 amide bonds.